The van der Waals surface area contributed by atoms with Gasteiger partial charge in [0, 0.05) is 30.8 Å². The molecule has 0 unspecified atom stereocenters. The summed E-state index contributed by atoms with van der Waals surface area (Å²) in [6, 6.07) is 13.3. The lowest BCUT2D eigenvalue weighted by Crippen LogP contribution is -2.31. The fourth-order valence-corrected chi connectivity index (χ4v) is 4.07. The number of carbonyl (C=O) groups is 1. The highest BCUT2D eigenvalue weighted by Gasteiger charge is 2.20. The first-order chi connectivity index (χ1) is 13.5. The molecule has 150 valence electrons. The van der Waals surface area contributed by atoms with Gasteiger partial charge in [0.1, 0.15) is 5.75 Å². The van der Waals surface area contributed by atoms with Crippen molar-refractivity contribution in [2.24, 2.45) is 0 Å². The van der Waals surface area contributed by atoms with Gasteiger partial charge in [-0.25, -0.2) is 13.1 Å². The van der Waals surface area contributed by atoms with Gasteiger partial charge in [-0.1, -0.05) is 18.2 Å². The van der Waals surface area contributed by atoms with Crippen LogP contribution in [0.2, 0.25) is 0 Å². The molecule has 1 atom stereocenters. The second-order valence-electron chi connectivity index (χ2n) is 6.51. The number of para-hydroxylation sites is 1. The third-order valence-corrected chi connectivity index (χ3v) is 6.02. The Hall–Kier alpha value is -2.42. The van der Waals surface area contributed by atoms with Crippen LogP contribution in [0.25, 0.3) is 0 Å². The molecular formula is C20H24N2O5S. The van der Waals surface area contributed by atoms with Gasteiger partial charge in [0.15, 0.2) is 0 Å². The monoisotopic (exact) mass is 404 g/mol. The first-order valence-electron chi connectivity index (χ1n) is 9.11. The Balaban J connectivity index is 1.59. The smallest absolute Gasteiger partial charge is 0.251 e. The van der Waals surface area contributed by atoms with Crippen molar-refractivity contribution in [1.29, 1.82) is 0 Å². The number of amides is 1. The normalized spacial score (nSPS) is 16.7. The fraction of sp³-hybridized carbons (Fsp3) is 0.350. The van der Waals surface area contributed by atoms with E-state index < -0.39 is 10.0 Å². The second kappa shape index (κ2) is 9.18. The maximum Gasteiger partial charge on any atom is 0.251 e. The van der Waals surface area contributed by atoms with Crippen LogP contribution in [0.4, 0.5) is 0 Å². The van der Waals surface area contributed by atoms with Gasteiger partial charge in [0.2, 0.25) is 10.0 Å². The maximum atomic E-state index is 12.4. The molecule has 2 aromatic carbocycles. The van der Waals surface area contributed by atoms with Crippen LogP contribution in [0, 0.1) is 0 Å². The molecule has 7 nitrogen and oxygen atoms in total. The summed E-state index contributed by atoms with van der Waals surface area (Å²) in [6.45, 7) is 1.24. The van der Waals surface area contributed by atoms with E-state index in [2.05, 4.69) is 10.0 Å². The minimum absolute atomic E-state index is 0.0743. The van der Waals surface area contributed by atoms with Crippen LogP contribution in [-0.2, 0) is 21.3 Å². The number of ether oxygens (including phenoxy) is 2. The van der Waals surface area contributed by atoms with Gasteiger partial charge in [-0.05, 0) is 43.2 Å². The lowest BCUT2D eigenvalue weighted by Gasteiger charge is -2.12. The van der Waals surface area contributed by atoms with Crippen molar-refractivity contribution in [2.45, 2.75) is 30.4 Å². The van der Waals surface area contributed by atoms with E-state index in [1.165, 1.54) is 24.3 Å². The van der Waals surface area contributed by atoms with Crippen LogP contribution in [-0.4, -0.2) is 40.7 Å². The SMILES string of the molecule is COc1ccccc1CNC(=O)c1ccc(S(=O)(=O)NC[C@H]2CCCO2)cc1. The van der Waals surface area contributed by atoms with Gasteiger partial charge < -0.3 is 14.8 Å². The first-order valence-corrected chi connectivity index (χ1v) is 10.6. The van der Waals surface area contributed by atoms with Crippen LogP contribution < -0.4 is 14.8 Å². The van der Waals surface area contributed by atoms with E-state index in [4.69, 9.17) is 9.47 Å². The van der Waals surface area contributed by atoms with Crippen molar-refractivity contribution in [3.8, 4) is 5.75 Å². The van der Waals surface area contributed by atoms with Crippen LogP contribution in [0.5, 0.6) is 5.75 Å². The van der Waals surface area contributed by atoms with Gasteiger partial charge >= 0.3 is 0 Å². The van der Waals surface area contributed by atoms with Gasteiger partial charge in [0.05, 0.1) is 18.1 Å². The number of hydrogen-bond acceptors (Lipinski definition) is 5. The summed E-state index contributed by atoms with van der Waals surface area (Å²) in [5, 5.41) is 2.81. The Morgan fingerprint density at radius 1 is 1.18 bits per heavy atom. The summed E-state index contributed by atoms with van der Waals surface area (Å²) in [6.07, 6.45) is 1.73. The molecule has 0 spiro atoms. The van der Waals surface area contributed by atoms with Gasteiger partial charge in [-0.15, -0.1) is 0 Å². The van der Waals surface area contributed by atoms with Crippen molar-refractivity contribution >= 4 is 15.9 Å². The summed E-state index contributed by atoms with van der Waals surface area (Å²) in [5.41, 5.74) is 1.24. The standard InChI is InChI=1S/C20H24N2O5S/c1-26-19-7-3-2-5-16(19)13-21-20(23)15-8-10-18(11-9-15)28(24,25)22-14-17-6-4-12-27-17/h2-3,5,7-11,17,22H,4,6,12-14H2,1H3,(H,21,23)/t17-/m1/s1. The third kappa shape index (κ3) is 5.09. The number of rotatable bonds is 8. The number of carbonyl (C=O) groups excluding carboxylic acids is 1. The quantitative estimate of drug-likeness (QED) is 0.703. The Labute approximate surface area is 165 Å². The van der Waals surface area contributed by atoms with E-state index in [0.717, 1.165) is 18.4 Å². The molecule has 1 amide bonds. The molecule has 2 aromatic rings. The van der Waals surface area contributed by atoms with Gasteiger partial charge in [-0.3, -0.25) is 4.79 Å². The average Bonchev–Trinajstić information content (AvgIpc) is 3.24. The predicted molar refractivity (Wildman–Crippen MR) is 105 cm³/mol. The predicted octanol–water partition coefficient (Wildman–Crippen LogP) is 2.08. The highest BCUT2D eigenvalue weighted by molar-refractivity contribution is 7.89. The molecule has 0 saturated carbocycles. The van der Waals surface area contributed by atoms with Crippen LogP contribution in [0.3, 0.4) is 0 Å². The Kier molecular flexibility index (Phi) is 6.66. The number of methoxy groups -OCH3 is 1. The molecule has 1 aliphatic heterocycles. The molecule has 0 bridgehead atoms. The van der Waals surface area contributed by atoms with E-state index in [9.17, 15) is 13.2 Å². The summed E-state index contributed by atoms with van der Waals surface area (Å²) in [5.74, 6) is 0.406. The van der Waals surface area contributed by atoms with Crippen molar-refractivity contribution in [2.75, 3.05) is 20.3 Å². The molecule has 8 heteroatoms. The van der Waals surface area contributed by atoms with Gasteiger partial charge in [0.25, 0.3) is 5.91 Å². The number of sulfonamides is 1. The largest absolute Gasteiger partial charge is 0.496 e. The molecule has 2 N–H and O–H groups in total. The van der Waals surface area contributed by atoms with E-state index in [1.807, 2.05) is 24.3 Å². The summed E-state index contributed by atoms with van der Waals surface area (Å²) >= 11 is 0. The number of nitrogens with one attached hydrogen (secondary N) is 2. The van der Waals surface area contributed by atoms with Crippen LogP contribution in [0.1, 0.15) is 28.8 Å². The molecule has 0 radical (unpaired) electrons. The van der Waals surface area contributed by atoms with Gasteiger partial charge in [-0.2, -0.15) is 0 Å². The van der Waals surface area contributed by atoms with E-state index in [1.54, 1.807) is 7.11 Å². The molecule has 28 heavy (non-hydrogen) atoms. The molecule has 0 aromatic heterocycles. The molecule has 3 rings (SSSR count). The number of benzene rings is 2. The molecule has 0 aliphatic carbocycles. The van der Waals surface area contributed by atoms with Crippen molar-refractivity contribution in [1.82, 2.24) is 10.0 Å². The Bertz CT molecular complexity index is 906. The molecule has 1 aliphatic rings. The van der Waals surface area contributed by atoms with Crippen LogP contribution >= 0.6 is 0 Å². The summed E-state index contributed by atoms with van der Waals surface area (Å²) < 4.78 is 38.0. The molecular weight excluding hydrogens is 380 g/mol. The lowest BCUT2D eigenvalue weighted by atomic mass is 10.2. The molecule has 1 saturated heterocycles. The third-order valence-electron chi connectivity index (χ3n) is 4.58. The Morgan fingerprint density at radius 2 is 1.93 bits per heavy atom. The van der Waals surface area contributed by atoms with Crippen LogP contribution in [0.15, 0.2) is 53.4 Å². The minimum Gasteiger partial charge on any atom is -0.496 e. The summed E-state index contributed by atoms with van der Waals surface area (Å²) in [4.78, 5) is 12.5. The minimum atomic E-state index is -3.63. The highest BCUT2D eigenvalue weighted by atomic mass is 32.2. The van der Waals surface area contributed by atoms with Crippen molar-refractivity contribution < 1.29 is 22.7 Å². The summed E-state index contributed by atoms with van der Waals surface area (Å²) in [7, 11) is -2.06. The Morgan fingerprint density at radius 3 is 2.61 bits per heavy atom. The number of hydrogen-bond donors (Lipinski definition) is 2. The van der Waals surface area contributed by atoms with E-state index >= 15 is 0 Å². The van der Waals surface area contributed by atoms with Crippen molar-refractivity contribution in [3.63, 3.8) is 0 Å². The van der Waals surface area contributed by atoms with E-state index in [-0.39, 0.29) is 23.5 Å². The topological polar surface area (TPSA) is 93.7 Å². The first kappa shape index (κ1) is 20.3. The highest BCUT2D eigenvalue weighted by Crippen LogP contribution is 2.17. The van der Waals surface area contributed by atoms with E-state index in [0.29, 0.717) is 24.5 Å². The fourth-order valence-electron chi connectivity index (χ4n) is 3.00. The zero-order chi connectivity index (χ0) is 20.0. The van der Waals surface area contributed by atoms with Crippen molar-refractivity contribution in [3.05, 3.63) is 59.7 Å². The zero-order valence-electron chi connectivity index (χ0n) is 15.7. The lowest BCUT2D eigenvalue weighted by molar-refractivity contribution is 0.0950. The average molecular weight is 404 g/mol. The maximum absolute atomic E-state index is 12.4. The second-order valence-corrected chi connectivity index (χ2v) is 8.27. The zero-order valence-corrected chi connectivity index (χ0v) is 16.5. The molecule has 1 fully saturated rings. The molecule has 1 heterocycles.